The Morgan fingerprint density at radius 2 is 1.81 bits per heavy atom. The maximum Gasteiger partial charge on any atom is 0.306 e. The van der Waals surface area contributed by atoms with Crippen molar-refractivity contribution in [1.29, 1.82) is 0 Å². The van der Waals surface area contributed by atoms with Crippen molar-refractivity contribution in [3.05, 3.63) is 99.1 Å². The van der Waals surface area contributed by atoms with E-state index in [1.807, 2.05) is 72.4 Å². The summed E-state index contributed by atoms with van der Waals surface area (Å²) in [7, 11) is 1.41. The zero-order valence-electron chi connectivity index (χ0n) is 24.6. The van der Waals surface area contributed by atoms with Crippen molar-refractivity contribution in [2.45, 2.75) is 32.3 Å². The maximum atomic E-state index is 11.8. The van der Waals surface area contributed by atoms with E-state index in [-0.39, 0.29) is 11.9 Å². The number of benzene rings is 4. The number of methoxy groups -OCH3 is 1. The molecule has 0 saturated carbocycles. The Labute approximate surface area is 271 Å². The first-order valence-corrected chi connectivity index (χ1v) is 16.7. The van der Waals surface area contributed by atoms with Gasteiger partial charge in [0.1, 0.15) is 35.4 Å². The number of hydrogen-bond acceptors (Lipinski definition) is 7. The normalized spacial score (nSPS) is 13.6. The monoisotopic (exact) mass is 710 g/mol. The van der Waals surface area contributed by atoms with Gasteiger partial charge in [-0.15, -0.1) is 0 Å². The molecule has 1 heterocycles. The van der Waals surface area contributed by atoms with E-state index in [1.165, 1.54) is 7.11 Å². The summed E-state index contributed by atoms with van der Waals surface area (Å²) < 4.78 is 30.4. The summed E-state index contributed by atoms with van der Waals surface area (Å²) in [4.78, 5) is 11.8. The molecule has 4 aromatic rings. The fourth-order valence-corrected chi connectivity index (χ4v) is 6.49. The second-order valence-corrected chi connectivity index (χ2v) is 12.5. The molecule has 1 aliphatic heterocycles. The Hall–Kier alpha value is -3.37. The van der Waals surface area contributed by atoms with Gasteiger partial charge in [0.2, 0.25) is 0 Å². The number of hydrogen-bond donors (Lipinski definition) is 0. The largest absolute Gasteiger partial charge is 0.494 e. The number of thioether (sulfide) groups is 1. The van der Waals surface area contributed by atoms with Crippen molar-refractivity contribution in [3.8, 4) is 39.9 Å². The summed E-state index contributed by atoms with van der Waals surface area (Å²) in [6.45, 7) is 3.64. The Balaban J connectivity index is 1.38. The molecule has 1 aliphatic rings. The molecule has 8 heteroatoms. The van der Waals surface area contributed by atoms with Crippen molar-refractivity contribution in [2.24, 2.45) is 0 Å². The van der Waals surface area contributed by atoms with Crippen molar-refractivity contribution >= 4 is 40.3 Å². The van der Waals surface area contributed by atoms with E-state index >= 15 is 0 Å². The number of carbonyl (C=O) groups is 1. The average Bonchev–Trinajstić information content (AvgIpc) is 3.41. The molecule has 224 valence electrons. The van der Waals surface area contributed by atoms with Gasteiger partial charge < -0.3 is 23.7 Å². The second kappa shape index (κ2) is 14.9. The highest BCUT2D eigenvalue weighted by Gasteiger charge is 2.27. The van der Waals surface area contributed by atoms with E-state index in [1.54, 1.807) is 0 Å². The van der Waals surface area contributed by atoms with Crippen molar-refractivity contribution in [1.82, 2.24) is 0 Å². The fraction of sp³-hybridized carbons (Fsp3) is 0.286. The number of para-hydroxylation sites is 1. The standard InChI is InChI=1S/C35H35IO6S/c1-23-16-28(39-14-7-15-43-3)19-31(36)35(23)30-17-24(10-13-32(30)42-26-8-5-4-6-9-26)21-40-27-11-12-29-25(18-34(37)38-2)22-41-33(29)20-27/h4-6,8-13,16-17,19-20,25H,7,14-15,18,21-22H2,1-3H3/t25-/m1/s1. The maximum absolute atomic E-state index is 11.8. The van der Waals surface area contributed by atoms with Crippen LogP contribution in [0.4, 0.5) is 0 Å². The Kier molecular flexibility index (Phi) is 10.8. The lowest BCUT2D eigenvalue weighted by atomic mass is 9.97. The third-order valence-electron chi connectivity index (χ3n) is 7.22. The molecule has 0 bridgehead atoms. The predicted octanol–water partition coefficient (Wildman–Crippen LogP) is 8.81. The SMILES string of the molecule is COC(=O)C[C@@H]1COc2cc(OCc3ccc(Oc4ccccc4)c(-c4c(C)cc(OCCCSC)cc4I)c3)ccc21. The van der Waals surface area contributed by atoms with Crippen LogP contribution >= 0.6 is 34.4 Å². The number of carbonyl (C=O) groups excluding carboxylic acids is 1. The Morgan fingerprint density at radius 3 is 2.58 bits per heavy atom. The minimum Gasteiger partial charge on any atom is -0.494 e. The lowest BCUT2D eigenvalue weighted by Gasteiger charge is -2.18. The third kappa shape index (κ3) is 7.97. The molecule has 0 radical (unpaired) electrons. The molecule has 0 aromatic heterocycles. The summed E-state index contributed by atoms with van der Waals surface area (Å²) in [6, 6.07) is 26.0. The van der Waals surface area contributed by atoms with Crippen molar-refractivity contribution in [2.75, 3.05) is 32.3 Å². The van der Waals surface area contributed by atoms with Crippen molar-refractivity contribution in [3.63, 3.8) is 0 Å². The van der Waals surface area contributed by atoms with Gasteiger partial charge in [-0.1, -0.05) is 30.3 Å². The van der Waals surface area contributed by atoms with Gasteiger partial charge in [0.25, 0.3) is 0 Å². The Morgan fingerprint density at radius 1 is 0.977 bits per heavy atom. The number of fused-ring (bicyclic) bond motifs is 1. The molecule has 0 spiro atoms. The molecule has 4 aromatic carbocycles. The van der Waals surface area contributed by atoms with E-state index in [9.17, 15) is 4.79 Å². The van der Waals surface area contributed by atoms with E-state index in [0.717, 1.165) is 66.6 Å². The predicted molar refractivity (Wildman–Crippen MR) is 180 cm³/mol. The molecule has 5 rings (SSSR count). The molecule has 0 amide bonds. The van der Waals surface area contributed by atoms with Gasteiger partial charge in [-0.05, 0) is 102 Å². The van der Waals surface area contributed by atoms with Crippen LogP contribution in [-0.4, -0.2) is 38.3 Å². The minimum atomic E-state index is -0.240. The van der Waals surface area contributed by atoms with Crippen molar-refractivity contribution < 1.29 is 28.5 Å². The summed E-state index contributed by atoms with van der Waals surface area (Å²) in [5.41, 5.74) is 5.22. The van der Waals surface area contributed by atoms with Gasteiger partial charge in [-0.25, -0.2) is 0 Å². The molecule has 0 fully saturated rings. The first-order chi connectivity index (χ1) is 20.9. The van der Waals surface area contributed by atoms with E-state index < -0.39 is 0 Å². The number of ether oxygens (including phenoxy) is 5. The van der Waals surface area contributed by atoms with Gasteiger partial charge in [0, 0.05) is 32.2 Å². The quantitative estimate of drug-likeness (QED) is 0.0781. The number of esters is 1. The van der Waals surface area contributed by atoms with Crippen LogP contribution < -0.4 is 18.9 Å². The first kappa shape index (κ1) is 31.1. The van der Waals surface area contributed by atoms with Crippen LogP contribution in [0, 0.1) is 10.5 Å². The van der Waals surface area contributed by atoms with Crippen LogP contribution in [0.2, 0.25) is 0 Å². The topological polar surface area (TPSA) is 63.2 Å². The van der Waals surface area contributed by atoms with Gasteiger partial charge in [-0.3, -0.25) is 4.79 Å². The number of rotatable bonds is 13. The highest BCUT2D eigenvalue weighted by atomic mass is 127. The molecule has 0 unspecified atom stereocenters. The van der Waals surface area contributed by atoms with Gasteiger partial charge in [0.05, 0.1) is 26.7 Å². The molecule has 0 aliphatic carbocycles. The fourth-order valence-electron chi connectivity index (χ4n) is 5.06. The second-order valence-electron chi connectivity index (χ2n) is 10.3. The molecular formula is C35H35IO6S. The highest BCUT2D eigenvalue weighted by molar-refractivity contribution is 14.1. The molecular weight excluding hydrogens is 675 g/mol. The summed E-state index contributed by atoms with van der Waals surface area (Å²) in [6.07, 6.45) is 3.42. The molecule has 0 saturated heterocycles. The molecule has 43 heavy (non-hydrogen) atoms. The van der Waals surface area contributed by atoms with E-state index in [0.29, 0.717) is 32.0 Å². The lowest BCUT2D eigenvalue weighted by molar-refractivity contribution is -0.141. The summed E-state index contributed by atoms with van der Waals surface area (Å²) in [5, 5.41) is 0. The van der Waals surface area contributed by atoms with Gasteiger partial charge in [0.15, 0.2) is 0 Å². The number of aryl methyl sites for hydroxylation is 1. The van der Waals surface area contributed by atoms with E-state index in [2.05, 4.69) is 54.0 Å². The summed E-state index contributed by atoms with van der Waals surface area (Å²) >= 11 is 4.22. The van der Waals surface area contributed by atoms with Crippen LogP contribution in [0.5, 0.6) is 28.7 Å². The third-order valence-corrected chi connectivity index (χ3v) is 8.77. The first-order valence-electron chi connectivity index (χ1n) is 14.2. The molecule has 6 nitrogen and oxygen atoms in total. The summed E-state index contributed by atoms with van der Waals surface area (Å²) in [5.74, 6) is 4.72. The van der Waals surface area contributed by atoms with Crippen LogP contribution in [0.25, 0.3) is 11.1 Å². The number of halogens is 1. The van der Waals surface area contributed by atoms with Crippen LogP contribution in [-0.2, 0) is 16.1 Å². The zero-order chi connectivity index (χ0) is 30.2. The van der Waals surface area contributed by atoms with Crippen LogP contribution in [0.1, 0.15) is 35.4 Å². The molecule has 1 atom stereocenters. The van der Waals surface area contributed by atoms with Gasteiger partial charge >= 0.3 is 5.97 Å². The minimum absolute atomic E-state index is 0.00550. The smallest absolute Gasteiger partial charge is 0.306 e. The van der Waals surface area contributed by atoms with Gasteiger partial charge in [-0.2, -0.15) is 11.8 Å². The Bertz CT molecular complexity index is 1530. The highest BCUT2D eigenvalue weighted by Crippen LogP contribution is 2.41. The zero-order valence-corrected chi connectivity index (χ0v) is 27.5. The van der Waals surface area contributed by atoms with Crippen LogP contribution in [0.15, 0.2) is 78.9 Å². The lowest BCUT2D eigenvalue weighted by Crippen LogP contribution is -2.09. The van der Waals surface area contributed by atoms with Crippen LogP contribution in [0.3, 0.4) is 0 Å². The average molecular weight is 711 g/mol. The van der Waals surface area contributed by atoms with E-state index in [4.69, 9.17) is 23.7 Å². The molecule has 0 N–H and O–H groups in total.